The standard InChI is InChI=1S/C6H7.C4H10N.C2H6Si.2ClH.Ti/c1-6-4-2-3-5-6;1-4(2,3)5;1-3-2;;;/h2-5H,1H3;5H,1-3H3;1-2H3;2*1H;/q2*-1;;;;+2/p-2. The van der Waals surface area contributed by atoms with Crippen molar-refractivity contribution in [1.29, 1.82) is 0 Å². The van der Waals surface area contributed by atoms with Gasteiger partial charge in [-0.3, -0.25) is 0 Å². The zero-order valence-electron chi connectivity index (χ0n) is 11.6. The molecule has 0 aliphatic carbocycles. The van der Waals surface area contributed by atoms with Gasteiger partial charge in [0.05, 0.1) is 0 Å². The molecule has 17 heavy (non-hydrogen) atoms. The molecule has 0 bridgehead atoms. The minimum Gasteiger partial charge on any atom is -1.00 e. The molecule has 0 atom stereocenters. The Morgan fingerprint density at radius 2 is 1.24 bits per heavy atom. The fraction of sp³-hybridized carbons (Fsp3) is 0.583. The van der Waals surface area contributed by atoms with Gasteiger partial charge >= 0.3 is 38.5 Å². The van der Waals surface area contributed by atoms with Crippen LogP contribution in [0.3, 0.4) is 0 Å². The van der Waals surface area contributed by atoms with Crippen molar-refractivity contribution in [3.8, 4) is 0 Å². The summed E-state index contributed by atoms with van der Waals surface area (Å²) in [5.74, 6) is 0. The maximum atomic E-state index is 6.94. The van der Waals surface area contributed by atoms with Crippen molar-refractivity contribution in [2.24, 2.45) is 0 Å². The van der Waals surface area contributed by atoms with E-state index in [1.54, 1.807) is 0 Å². The predicted molar refractivity (Wildman–Crippen MR) is 68.3 cm³/mol. The van der Waals surface area contributed by atoms with Crippen molar-refractivity contribution in [1.82, 2.24) is 0 Å². The second-order valence-corrected chi connectivity index (χ2v) is 11.4. The fourth-order valence-corrected chi connectivity index (χ4v) is 0.470. The van der Waals surface area contributed by atoms with E-state index >= 15 is 0 Å². The Morgan fingerprint density at radius 3 is 1.29 bits per heavy atom. The van der Waals surface area contributed by atoms with Gasteiger partial charge in [-0.15, -0.1) is 5.54 Å². The van der Waals surface area contributed by atoms with Crippen LogP contribution >= 0.6 is 0 Å². The summed E-state index contributed by atoms with van der Waals surface area (Å²) in [5.41, 5.74) is 8.03. The van der Waals surface area contributed by atoms with Crippen molar-refractivity contribution >= 4 is 6.19 Å². The SMILES string of the molecule is CC(C)(C)[NH-].C[Si](C)=[Ti+2].C[c-]1cccc1.[Cl-].[Cl-]. The molecule has 0 amide bonds. The molecule has 0 spiro atoms. The van der Waals surface area contributed by atoms with E-state index in [9.17, 15) is 0 Å². The molecule has 0 unspecified atom stereocenters. The molecular formula is C12H23Cl2NSiTi-2. The Morgan fingerprint density at radius 1 is 1.06 bits per heavy atom. The largest absolute Gasteiger partial charge is 1.00 e. The first-order valence-corrected chi connectivity index (χ1v) is 9.92. The normalized spacial score (nSPS) is 8.29. The molecule has 1 aromatic carbocycles. The van der Waals surface area contributed by atoms with Gasteiger partial charge in [-0.1, -0.05) is 27.7 Å². The van der Waals surface area contributed by atoms with Gasteiger partial charge in [0, 0.05) is 0 Å². The van der Waals surface area contributed by atoms with Gasteiger partial charge in [0.15, 0.2) is 0 Å². The minimum atomic E-state index is -0.250. The third-order valence-corrected chi connectivity index (χ3v) is 0.829. The Labute approximate surface area is 131 Å². The van der Waals surface area contributed by atoms with Gasteiger partial charge in [0.25, 0.3) is 0 Å². The number of rotatable bonds is 0. The average Bonchev–Trinajstić information content (AvgIpc) is 2.33. The van der Waals surface area contributed by atoms with E-state index in [4.69, 9.17) is 5.73 Å². The van der Waals surface area contributed by atoms with Crippen molar-refractivity contribution in [2.75, 3.05) is 0 Å². The van der Waals surface area contributed by atoms with Crippen molar-refractivity contribution in [3.05, 3.63) is 35.6 Å². The van der Waals surface area contributed by atoms with Crippen LogP contribution in [0.4, 0.5) is 0 Å². The van der Waals surface area contributed by atoms with Gasteiger partial charge < -0.3 is 30.5 Å². The van der Waals surface area contributed by atoms with E-state index in [0.717, 1.165) is 0 Å². The molecular weight excluding hydrogens is 305 g/mol. The van der Waals surface area contributed by atoms with Crippen LogP contribution in [0.5, 0.6) is 0 Å². The summed E-state index contributed by atoms with van der Waals surface area (Å²) in [4.78, 5) is 0. The molecule has 1 rings (SSSR count). The van der Waals surface area contributed by atoms with Crippen LogP contribution in [0.2, 0.25) is 13.1 Å². The topological polar surface area (TPSA) is 23.8 Å². The van der Waals surface area contributed by atoms with Crippen LogP contribution in [-0.4, -0.2) is 11.7 Å². The van der Waals surface area contributed by atoms with Crippen LogP contribution in [0.25, 0.3) is 5.73 Å². The molecule has 0 aliphatic heterocycles. The van der Waals surface area contributed by atoms with Gasteiger partial charge in [-0.25, -0.2) is 12.1 Å². The van der Waals surface area contributed by atoms with E-state index in [1.807, 2.05) is 32.9 Å². The molecule has 100 valence electrons. The van der Waals surface area contributed by atoms with Gasteiger partial charge in [0.1, 0.15) is 0 Å². The molecule has 1 nitrogen and oxygen atoms in total. The number of halogens is 2. The first-order valence-electron chi connectivity index (χ1n) is 5.08. The quantitative estimate of drug-likeness (QED) is 0.402. The van der Waals surface area contributed by atoms with Gasteiger partial charge in [0.2, 0.25) is 0 Å². The summed E-state index contributed by atoms with van der Waals surface area (Å²) in [5, 5.41) is 0. The van der Waals surface area contributed by atoms with Crippen LogP contribution in [0, 0.1) is 6.92 Å². The zero-order chi connectivity index (χ0) is 12.5. The molecule has 0 aliphatic rings. The number of hydrogen-bond donors (Lipinski definition) is 0. The summed E-state index contributed by atoms with van der Waals surface area (Å²) >= 11 is 2.27. The third kappa shape index (κ3) is 60.4. The van der Waals surface area contributed by atoms with E-state index in [0.29, 0.717) is 0 Å². The molecule has 1 N–H and O–H groups in total. The fourth-order valence-electron chi connectivity index (χ4n) is 0.470. The van der Waals surface area contributed by atoms with E-state index in [1.165, 1.54) is 5.56 Å². The number of nitrogens with one attached hydrogen (secondary N) is 1. The second kappa shape index (κ2) is 14.9. The molecule has 0 aromatic heterocycles. The Balaban J connectivity index is -0.0000000721. The zero-order valence-corrected chi connectivity index (χ0v) is 15.6. The Kier molecular flexibility index (Phi) is 23.1. The van der Waals surface area contributed by atoms with Crippen LogP contribution in [-0.2, 0) is 19.2 Å². The van der Waals surface area contributed by atoms with Crippen molar-refractivity contribution < 1.29 is 44.0 Å². The summed E-state index contributed by atoms with van der Waals surface area (Å²) in [7, 11) is 0. The first-order chi connectivity index (χ1) is 6.63. The van der Waals surface area contributed by atoms with Gasteiger partial charge in [-0.2, -0.15) is 17.7 Å². The summed E-state index contributed by atoms with van der Waals surface area (Å²) < 4.78 is 0. The van der Waals surface area contributed by atoms with Gasteiger partial charge in [-0.05, 0) is 0 Å². The molecule has 0 heterocycles. The number of hydrogen-bond acceptors (Lipinski definition) is 0. The van der Waals surface area contributed by atoms with Crippen LogP contribution in [0.1, 0.15) is 26.3 Å². The summed E-state index contributed by atoms with van der Waals surface area (Å²) in [6.45, 7) is 12.2. The summed E-state index contributed by atoms with van der Waals surface area (Å²) in [6.07, 6.45) is 0.120. The molecule has 0 radical (unpaired) electrons. The smallest absolute Gasteiger partial charge is 0.0860 e. The Bertz CT molecular complexity index is 246. The molecule has 0 saturated carbocycles. The van der Waals surface area contributed by atoms with Crippen LogP contribution < -0.4 is 24.8 Å². The maximum absolute atomic E-state index is 6.94. The molecule has 0 fully saturated rings. The second-order valence-electron chi connectivity index (χ2n) is 4.71. The monoisotopic (exact) mass is 327 g/mol. The number of aryl methyl sites for hydroxylation is 1. The van der Waals surface area contributed by atoms with E-state index in [2.05, 4.69) is 51.3 Å². The first kappa shape index (κ1) is 26.4. The summed E-state index contributed by atoms with van der Waals surface area (Å²) in [6, 6.07) is 8.24. The van der Waals surface area contributed by atoms with Crippen molar-refractivity contribution in [2.45, 2.75) is 46.3 Å². The van der Waals surface area contributed by atoms with E-state index < -0.39 is 0 Å². The van der Waals surface area contributed by atoms with Crippen LogP contribution in [0.15, 0.2) is 24.3 Å². The predicted octanol–water partition coefficient (Wildman–Crippen LogP) is -1.66. The minimum absolute atomic E-state index is 0. The van der Waals surface area contributed by atoms with E-state index in [-0.39, 0.29) is 36.5 Å². The van der Waals surface area contributed by atoms with Crippen molar-refractivity contribution in [3.63, 3.8) is 0 Å². The molecule has 5 heteroatoms. The molecule has 0 saturated heterocycles. The molecule has 1 aromatic rings. The third-order valence-electron chi connectivity index (χ3n) is 0.829. The maximum Gasteiger partial charge on any atom is -0.0860 e. The average molecular weight is 328 g/mol. The Hall–Kier alpha value is 0.821.